The number of nitrogens with one attached hydrogen (secondary N) is 1. The molecule has 10 heteroatoms. The third-order valence-electron chi connectivity index (χ3n) is 2.51. The van der Waals surface area contributed by atoms with Crippen molar-refractivity contribution < 1.29 is 17.7 Å². The second kappa shape index (κ2) is 5.89. The fourth-order valence-electron chi connectivity index (χ4n) is 1.56. The SMILES string of the molecule is O=[N+]([O-])c1c(F)cccc1S(=O)(=O)NCc1ccncn1. The number of hydrogen-bond donors (Lipinski definition) is 1. The predicted molar refractivity (Wildman–Crippen MR) is 69.1 cm³/mol. The van der Waals surface area contributed by atoms with Crippen LogP contribution < -0.4 is 4.72 Å². The number of nitrogens with zero attached hydrogens (tertiary/aromatic N) is 3. The number of hydrogen-bond acceptors (Lipinski definition) is 6. The van der Waals surface area contributed by atoms with Crippen LogP contribution in [0.15, 0.2) is 41.7 Å². The molecule has 0 amide bonds. The Morgan fingerprint density at radius 3 is 2.71 bits per heavy atom. The fraction of sp³-hybridized carbons (Fsp3) is 0.0909. The van der Waals surface area contributed by atoms with Gasteiger partial charge in [-0.2, -0.15) is 4.39 Å². The second-order valence-electron chi connectivity index (χ2n) is 3.87. The lowest BCUT2D eigenvalue weighted by atomic mass is 10.3. The molecule has 2 rings (SSSR count). The van der Waals surface area contributed by atoms with Gasteiger partial charge in [-0.3, -0.25) is 10.1 Å². The molecular formula is C11H9FN4O4S. The van der Waals surface area contributed by atoms with Crippen LogP contribution in [0.5, 0.6) is 0 Å². The fourth-order valence-corrected chi connectivity index (χ4v) is 2.74. The maximum Gasteiger partial charge on any atom is 0.324 e. The molecule has 0 saturated heterocycles. The third-order valence-corrected chi connectivity index (χ3v) is 3.94. The van der Waals surface area contributed by atoms with Gasteiger partial charge in [0.2, 0.25) is 15.8 Å². The van der Waals surface area contributed by atoms with Crippen molar-refractivity contribution in [2.75, 3.05) is 0 Å². The first-order valence-corrected chi connectivity index (χ1v) is 7.07. The topological polar surface area (TPSA) is 115 Å². The molecular weight excluding hydrogens is 303 g/mol. The standard InChI is InChI=1S/C11H9FN4O4S/c12-9-2-1-3-10(11(9)16(17)18)21(19,20)15-6-8-4-5-13-7-14-8/h1-5,7,15H,6H2. The molecule has 0 unspecified atom stereocenters. The summed E-state index contributed by atoms with van der Waals surface area (Å²) in [5.41, 5.74) is -0.722. The Balaban J connectivity index is 2.32. The third kappa shape index (κ3) is 3.35. The van der Waals surface area contributed by atoms with E-state index in [0.717, 1.165) is 18.2 Å². The Kier molecular flexibility index (Phi) is 4.19. The van der Waals surface area contributed by atoms with Gasteiger partial charge in [-0.15, -0.1) is 0 Å². The summed E-state index contributed by atoms with van der Waals surface area (Å²) in [5.74, 6) is -1.22. The minimum Gasteiger partial charge on any atom is -0.258 e. The summed E-state index contributed by atoms with van der Waals surface area (Å²) in [6.07, 6.45) is 2.65. The molecule has 1 N–H and O–H groups in total. The van der Waals surface area contributed by atoms with Crippen molar-refractivity contribution in [1.82, 2.24) is 14.7 Å². The molecule has 2 aromatic rings. The number of aromatic nitrogens is 2. The Morgan fingerprint density at radius 2 is 2.10 bits per heavy atom. The van der Waals surface area contributed by atoms with E-state index >= 15 is 0 Å². The van der Waals surface area contributed by atoms with Crippen LogP contribution in [0.25, 0.3) is 0 Å². The zero-order chi connectivity index (χ0) is 15.5. The highest BCUT2D eigenvalue weighted by Gasteiger charge is 2.29. The smallest absolute Gasteiger partial charge is 0.258 e. The van der Waals surface area contributed by atoms with Crippen molar-refractivity contribution >= 4 is 15.7 Å². The minimum atomic E-state index is -4.25. The van der Waals surface area contributed by atoms with E-state index in [1.807, 2.05) is 0 Å². The first-order valence-electron chi connectivity index (χ1n) is 5.59. The van der Waals surface area contributed by atoms with Crippen LogP contribution in [0, 0.1) is 15.9 Å². The summed E-state index contributed by atoms with van der Waals surface area (Å²) >= 11 is 0. The number of rotatable bonds is 5. The van der Waals surface area contributed by atoms with Crippen LogP contribution in [0.3, 0.4) is 0 Å². The van der Waals surface area contributed by atoms with E-state index in [9.17, 15) is 22.9 Å². The molecule has 0 saturated carbocycles. The summed E-state index contributed by atoms with van der Waals surface area (Å²) in [6.45, 7) is -0.196. The van der Waals surface area contributed by atoms with E-state index in [4.69, 9.17) is 0 Å². The van der Waals surface area contributed by atoms with Crippen LogP contribution >= 0.6 is 0 Å². The first-order chi connectivity index (χ1) is 9.92. The van der Waals surface area contributed by atoms with Gasteiger partial charge in [-0.1, -0.05) is 6.07 Å². The number of para-hydroxylation sites is 1. The maximum atomic E-state index is 13.4. The normalized spacial score (nSPS) is 11.3. The molecule has 0 aliphatic rings. The van der Waals surface area contributed by atoms with Crippen LogP contribution in [0.1, 0.15) is 5.69 Å². The largest absolute Gasteiger partial charge is 0.324 e. The number of nitro groups is 1. The van der Waals surface area contributed by atoms with Gasteiger partial charge in [-0.05, 0) is 18.2 Å². The van der Waals surface area contributed by atoms with E-state index in [1.54, 1.807) is 0 Å². The van der Waals surface area contributed by atoms with Crippen LogP contribution in [-0.4, -0.2) is 23.3 Å². The molecule has 0 spiro atoms. The Bertz CT molecular complexity index is 767. The van der Waals surface area contributed by atoms with Gasteiger partial charge in [-0.25, -0.2) is 23.1 Å². The van der Waals surface area contributed by atoms with E-state index in [2.05, 4.69) is 14.7 Å². The summed E-state index contributed by atoms with van der Waals surface area (Å²) in [5, 5.41) is 10.8. The van der Waals surface area contributed by atoms with Gasteiger partial charge in [0.05, 0.1) is 17.2 Å². The van der Waals surface area contributed by atoms with Gasteiger partial charge in [0, 0.05) is 6.20 Å². The lowest BCUT2D eigenvalue weighted by Gasteiger charge is -2.07. The average Bonchev–Trinajstić information content (AvgIpc) is 2.46. The van der Waals surface area contributed by atoms with Gasteiger partial charge < -0.3 is 0 Å². The van der Waals surface area contributed by atoms with E-state index < -0.39 is 31.3 Å². The Hall–Kier alpha value is -2.46. The second-order valence-corrected chi connectivity index (χ2v) is 5.60. The monoisotopic (exact) mass is 312 g/mol. The highest BCUT2D eigenvalue weighted by molar-refractivity contribution is 7.89. The average molecular weight is 312 g/mol. The molecule has 0 bridgehead atoms. The van der Waals surface area contributed by atoms with Crippen molar-refractivity contribution in [3.8, 4) is 0 Å². The lowest BCUT2D eigenvalue weighted by Crippen LogP contribution is -2.24. The maximum absolute atomic E-state index is 13.4. The summed E-state index contributed by atoms with van der Waals surface area (Å²) in [4.78, 5) is 16.5. The Morgan fingerprint density at radius 1 is 1.33 bits per heavy atom. The van der Waals surface area contributed by atoms with Crippen molar-refractivity contribution in [2.24, 2.45) is 0 Å². The van der Waals surface area contributed by atoms with Crippen molar-refractivity contribution in [3.63, 3.8) is 0 Å². The van der Waals surface area contributed by atoms with Crippen molar-refractivity contribution in [2.45, 2.75) is 11.4 Å². The number of sulfonamides is 1. The zero-order valence-corrected chi connectivity index (χ0v) is 11.2. The van der Waals surface area contributed by atoms with Crippen molar-refractivity contribution in [1.29, 1.82) is 0 Å². The molecule has 0 fully saturated rings. The summed E-state index contributed by atoms with van der Waals surface area (Å²) in [7, 11) is -4.25. The van der Waals surface area contributed by atoms with Crippen LogP contribution in [0.2, 0.25) is 0 Å². The van der Waals surface area contributed by atoms with Crippen LogP contribution in [0.4, 0.5) is 10.1 Å². The molecule has 1 aromatic carbocycles. The van der Waals surface area contributed by atoms with E-state index in [-0.39, 0.29) is 6.54 Å². The molecule has 1 heterocycles. The summed E-state index contributed by atoms with van der Waals surface area (Å²) < 4.78 is 39.7. The molecule has 0 aliphatic carbocycles. The lowest BCUT2D eigenvalue weighted by molar-refractivity contribution is -0.390. The predicted octanol–water partition coefficient (Wildman–Crippen LogP) is 1.00. The zero-order valence-electron chi connectivity index (χ0n) is 10.4. The molecule has 1 aromatic heterocycles. The molecule has 21 heavy (non-hydrogen) atoms. The van der Waals surface area contributed by atoms with Gasteiger partial charge in [0.25, 0.3) is 0 Å². The highest BCUT2D eigenvalue weighted by atomic mass is 32.2. The molecule has 0 radical (unpaired) electrons. The summed E-state index contributed by atoms with van der Waals surface area (Å²) in [6, 6.07) is 4.34. The van der Waals surface area contributed by atoms with Crippen LogP contribution in [-0.2, 0) is 16.6 Å². The number of benzene rings is 1. The minimum absolute atomic E-state index is 0.196. The molecule has 110 valence electrons. The highest BCUT2D eigenvalue weighted by Crippen LogP contribution is 2.26. The molecule has 0 aliphatic heterocycles. The van der Waals surface area contributed by atoms with Crippen molar-refractivity contribution in [3.05, 3.63) is 58.4 Å². The van der Waals surface area contributed by atoms with Gasteiger partial charge in [0.1, 0.15) is 6.33 Å². The van der Waals surface area contributed by atoms with Gasteiger partial charge in [0.15, 0.2) is 4.90 Å². The molecule has 0 atom stereocenters. The first kappa shape index (κ1) is 14.9. The molecule has 8 nitrogen and oxygen atoms in total. The van der Waals surface area contributed by atoms with E-state index in [0.29, 0.717) is 5.69 Å². The quantitative estimate of drug-likeness (QED) is 0.650. The van der Waals surface area contributed by atoms with E-state index in [1.165, 1.54) is 18.6 Å². The Labute approximate surface area is 118 Å². The number of halogens is 1. The number of nitro benzene ring substituents is 1. The van der Waals surface area contributed by atoms with Gasteiger partial charge >= 0.3 is 5.69 Å².